The Morgan fingerprint density at radius 1 is 1.24 bits per heavy atom. The van der Waals surface area contributed by atoms with Crippen molar-refractivity contribution in [3.05, 3.63) is 29.3 Å². The molecule has 10 heteroatoms. The molecule has 2 heterocycles. The second-order valence-corrected chi connectivity index (χ2v) is 8.32. The minimum absolute atomic E-state index is 0.153. The second-order valence-electron chi connectivity index (χ2n) is 5.95. The van der Waals surface area contributed by atoms with Crippen LogP contribution in [0, 0.1) is 0 Å². The molecule has 25 heavy (non-hydrogen) atoms. The molecule has 2 fully saturated rings. The SMILES string of the molecule is O=C(C[NH+]1CCN(S(=O)(=O)c2cccc(Cl)c2)CC1)N1CCOC1=O. The molecule has 0 aromatic heterocycles. The maximum atomic E-state index is 12.6. The van der Waals surface area contributed by atoms with E-state index in [2.05, 4.69) is 0 Å². The molecular formula is C15H19ClN3O5S+. The summed E-state index contributed by atoms with van der Waals surface area (Å²) in [6.45, 7) is 2.26. The zero-order valence-electron chi connectivity index (χ0n) is 13.5. The van der Waals surface area contributed by atoms with Gasteiger partial charge in [-0.3, -0.25) is 4.79 Å². The summed E-state index contributed by atoms with van der Waals surface area (Å²) in [5, 5.41) is 0.369. The molecule has 2 aliphatic rings. The number of ether oxygens (including phenoxy) is 1. The highest BCUT2D eigenvalue weighted by atomic mass is 35.5. The predicted molar refractivity (Wildman–Crippen MR) is 88.8 cm³/mol. The molecule has 0 unspecified atom stereocenters. The van der Waals surface area contributed by atoms with Gasteiger partial charge in [0.05, 0.1) is 37.6 Å². The van der Waals surface area contributed by atoms with Crippen LogP contribution in [0.4, 0.5) is 4.79 Å². The topological polar surface area (TPSA) is 88.4 Å². The second kappa shape index (κ2) is 7.28. The Kier molecular flexibility index (Phi) is 5.28. The first-order valence-corrected chi connectivity index (χ1v) is 9.76. The first-order valence-electron chi connectivity index (χ1n) is 7.94. The fraction of sp³-hybridized carbons (Fsp3) is 0.467. The first kappa shape index (κ1) is 18.1. The monoisotopic (exact) mass is 388 g/mol. The predicted octanol–water partition coefficient (Wildman–Crippen LogP) is -0.792. The Balaban J connectivity index is 1.58. The molecule has 0 radical (unpaired) electrons. The molecule has 8 nitrogen and oxygen atoms in total. The van der Waals surface area contributed by atoms with Crippen LogP contribution in [0.5, 0.6) is 0 Å². The van der Waals surface area contributed by atoms with Crippen LogP contribution in [0.1, 0.15) is 0 Å². The molecule has 0 aliphatic carbocycles. The number of hydrogen-bond donors (Lipinski definition) is 1. The van der Waals surface area contributed by atoms with Crippen molar-refractivity contribution in [1.29, 1.82) is 0 Å². The molecule has 136 valence electrons. The van der Waals surface area contributed by atoms with E-state index in [1.807, 2.05) is 0 Å². The zero-order valence-corrected chi connectivity index (χ0v) is 15.1. The van der Waals surface area contributed by atoms with Crippen LogP contribution >= 0.6 is 11.6 Å². The van der Waals surface area contributed by atoms with Crippen LogP contribution in [0.25, 0.3) is 0 Å². The fourth-order valence-electron chi connectivity index (χ4n) is 2.93. The largest absolute Gasteiger partial charge is 0.447 e. The van der Waals surface area contributed by atoms with Crippen molar-refractivity contribution in [2.24, 2.45) is 0 Å². The highest BCUT2D eigenvalue weighted by Gasteiger charge is 2.34. The summed E-state index contributed by atoms with van der Waals surface area (Å²) in [4.78, 5) is 25.7. The van der Waals surface area contributed by atoms with Crippen LogP contribution in [-0.4, -0.2) is 75.5 Å². The van der Waals surface area contributed by atoms with E-state index in [0.717, 1.165) is 9.80 Å². The Bertz CT molecular complexity index is 777. The molecule has 2 saturated heterocycles. The fourth-order valence-corrected chi connectivity index (χ4v) is 4.67. The van der Waals surface area contributed by atoms with Gasteiger partial charge in [0.2, 0.25) is 10.0 Å². The van der Waals surface area contributed by atoms with Crippen molar-refractivity contribution < 1.29 is 27.6 Å². The number of carbonyl (C=O) groups is 2. The molecular weight excluding hydrogens is 370 g/mol. The number of imide groups is 1. The molecule has 0 saturated carbocycles. The average molecular weight is 389 g/mol. The van der Waals surface area contributed by atoms with Crippen molar-refractivity contribution in [2.45, 2.75) is 4.90 Å². The standard InChI is InChI=1S/C15H18ClN3O5S/c16-12-2-1-3-13(10-12)25(22,23)18-6-4-17(5-7-18)11-14(20)19-8-9-24-15(19)21/h1-3,10H,4-9,11H2/p+1. The van der Waals surface area contributed by atoms with E-state index in [1.165, 1.54) is 16.4 Å². The van der Waals surface area contributed by atoms with E-state index < -0.39 is 16.1 Å². The average Bonchev–Trinajstić information content (AvgIpc) is 3.01. The first-order chi connectivity index (χ1) is 11.9. The van der Waals surface area contributed by atoms with Gasteiger partial charge in [0.1, 0.15) is 6.61 Å². The lowest BCUT2D eigenvalue weighted by Crippen LogP contribution is -3.15. The van der Waals surface area contributed by atoms with E-state index >= 15 is 0 Å². The number of sulfonamides is 1. The number of rotatable bonds is 4. The summed E-state index contributed by atoms with van der Waals surface area (Å²) in [6, 6.07) is 6.17. The van der Waals surface area contributed by atoms with Gasteiger partial charge in [0.25, 0.3) is 5.91 Å². The molecule has 1 N–H and O–H groups in total. The molecule has 1 aromatic rings. The molecule has 2 amide bonds. The number of halogens is 1. The highest BCUT2D eigenvalue weighted by Crippen LogP contribution is 2.19. The minimum atomic E-state index is -3.59. The van der Waals surface area contributed by atoms with Crippen LogP contribution in [0.2, 0.25) is 5.02 Å². The smallest absolute Gasteiger partial charge is 0.416 e. The number of benzene rings is 1. The van der Waals surface area contributed by atoms with Crippen molar-refractivity contribution >= 4 is 33.6 Å². The van der Waals surface area contributed by atoms with Crippen LogP contribution in [-0.2, 0) is 19.6 Å². The summed E-state index contributed by atoms with van der Waals surface area (Å²) in [6.07, 6.45) is -0.605. The number of cyclic esters (lactones) is 1. The van der Waals surface area contributed by atoms with Crippen LogP contribution in [0.15, 0.2) is 29.2 Å². The number of nitrogens with zero attached hydrogens (tertiary/aromatic N) is 2. The van der Waals surface area contributed by atoms with E-state index in [0.29, 0.717) is 31.2 Å². The van der Waals surface area contributed by atoms with Gasteiger partial charge in [-0.15, -0.1) is 0 Å². The van der Waals surface area contributed by atoms with Gasteiger partial charge in [-0.05, 0) is 18.2 Å². The summed E-state index contributed by atoms with van der Waals surface area (Å²) >= 11 is 5.88. The summed E-state index contributed by atoms with van der Waals surface area (Å²) in [5.41, 5.74) is 0. The number of carbonyl (C=O) groups excluding carboxylic acids is 2. The van der Waals surface area contributed by atoms with Gasteiger partial charge in [0, 0.05) is 5.02 Å². The van der Waals surface area contributed by atoms with E-state index in [9.17, 15) is 18.0 Å². The van der Waals surface area contributed by atoms with Gasteiger partial charge < -0.3 is 9.64 Å². The van der Waals surface area contributed by atoms with Gasteiger partial charge in [-0.2, -0.15) is 4.31 Å². The summed E-state index contributed by atoms with van der Waals surface area (Å²) in [5.74, 6) is -0.288. The Morgan fingerprint density at radius 2 is 1.96 bits per heavy atom. The third kappa shape index (κ3) is 3.95. The summed E-state index contributed by atoms with van der Waals surface area (Å²) in [7, 11) is -3.59. The van der Waals surface area contributed by atoms with E-state index in [1.54, 1.807) is 12.1 Å². The number of nitrogens with one attached hydrogen (secondary N) is 1. The normalized spacial score (nSPS) is 19.9. The van der Waals surface area contributed by atoms with Crippen molar-refractivity contribution in [1.82, 2.24) is 9.21 Å². The minimum Gasteiger partial charge on any atom is -0.447 e. The van der Waals surface area contributed by atoms with Gasteiger partial charge >= 0.3 is 6.09 Å². The van der Waals surface area contributed by atoms with Crippen LogP contribution < -0.4 is 4.90 Å². The van der Waals surface area contributed by atoms with Gasteiger partial charge in [-0.25, -0.2) is 18.1 Å². The molecule has 2 aliphatic heterocycles. The van der Waals surface area contributed by atoms with Gasteiger partial charge in [-0.1, -0.05) is 17.7 Å². The third-order valence-electron chi connectivity index (χ3n) is 4.33. The Hall–Kier alpha value is -1.68. The number of piperazine rings is 1. The van der Waals surface area contributed by atoms with Crippen molar-refractivity contribution in [2.75, 3.05) is 45.9 Å². The maximum Gasteiger partial charge on any atom is 0.416 e. The van der Waals surface area contributed by atoms with Crippen molar-refractivity contribution in [3.8, 4) is 0 Å². The molecule has 0 spiro atoms. The molecule has 3 rings (SSSR count). The number of amides is 2. The third-order valence-corrected chi connectivity index (χ3v) is 6.46. The Labute approximate surface area is 150 Å². The summed E-state index contributed by atoms with van der Waals surface area (Å²) < 4.78 is 31.4. The molecule has 1 aromatic carbocycles. The zero-order chi connectivity index (χ0) is 18.0. The maximum absolute atomic E-state index is 12.6. The lowest BCUT2D eigenvalue weighted by Gasteiger charge is -2.31. The van der Waals surface area contributed by atoms with Crippen LogP contribution in [0.3, 0.4) is 0 Å². The molecule has 0 bridgehead atoms. The number of hydrogen-bond acceptors (Lipinski definition) is 5. The van der Waals surface area contributed by atoms with E-state index in [4.69, 9.17) is 16.3 Å². The van der Waals surface area contributed by atoms with Crippen molar-refractivity contribution in [3.63, 3.8) is 0 Å². The number of quaternary nitrogens is 1. The highest BCUT2D eigenvalue weighted by molar-refractivity contribution is 7.89. The Morgan fingerprint density at radius 3 is 2.56 bits per heavy atom. The lowest BCUT2D eigenvalue weighted by molar-refractivity contribution is -0.895. The van der Waals surface area contributed by atoms with E-state index in [-0.39, 0.29) is 30.5 Å². The molecule has 0 atom stereocenters. The quantitative estimate of drug-likeness (QED) is 0.730. The van der Waals surface area contributed by atoms with Gasteiger partial charge in [0.15, 0.2) is 6.54 Å². The lowest BCUT2D eigenvalue weighted by atomic mass is 10.3.